The van der Waals surface area contributed by atoms with Crippen LogP contribution in [0.1, 0.15) is 63.6 Å². The Morgan fingerprint density at radius 1 is 1.19 bits per heavy atom. The van der Waals surface area contributed by atoms with Gasteiger partial charge in [-0.15, -0.1) is 10.2 Å². The SMILES string of the molecule is Cc1nnc(C(C)(C)N)n1C1CCCCC1. The van der Waals surface area contributed by atoms with E-state index in [9.17, 15) is 0 Å². The highest BCUT2D eigenvalue weighted by Crippen LogP contribution is 2.31. The van der Waals surface area contributed by atoms with Crippen molar-refractivity contribution in [2.75, 3.05) is 0 Å². The smallest absolute Gasteiger partial charge is 0.152 e. The van der Waals surface area contributed by atoms with Gasteiger partial charge in [-0.3, -0.25) is 0 Å². The third-order valence-electron chi connectivity index (χ3n) is 3.38. The van der Waals surface area contributed by atoms with Crippen molar-refractivity contribution in [3.05, 3.63) is 11.6 Å². The van der Waals surface area contributed by atoms with Crippen LogP contribution in [0.4, 0.5) is 0 Å². The van der Waals surface area contributed by atoms with Gasteiger partial charge in [-0.05, 0) is 33.6 Å². The van der Waals surface area contributed by atoms with Crippen molar-refractivity contribution in [3.8, 4) is 0 Å². The van der Waals surface area contributed by atoms with Crippen LogP contribution in [0, 0.1) is 6.92 Å². The molecule has 0 unspecified atom stereocenters. The van der Waals surface area contributed by atoms with Gasteiger partial charge in [0.1, 0.15) is 5.82 Å². The van der Waals surface area contributed by atoms with E-state index in [-0.39, 0.29) is 0 Å². The highest BCUT2D eigenvalue weighted by molar-refractivity contribution is 5.06. The zero-order chi connectivity index (χ0) is 11.8. The summed E-state index contributed by atoms with van der Waals surface area (Å²) in [5, 5.41) is 8.44. The first kappa shape index (κ1) is 11.6. The lowest BCUT2D eigenvalue weighted by Gasteiger charge is -2.28. The third kappa shape index (κ3) is 2.12. The van der Waals surface area contributed by atoms with Crippen LogP contribution in [-0.2, 0) is 5.54 Å². The van der Waals surface area contributed by atoms with Crippen molar-refractivity contribution in [1.82, 2.24) is 14.8 Å². The molecule has 2 N–H and O–H groups in total. The molecule has 0 bridgehead atoms. The van der Waals surface area contributed by atoms with Crippen LogP contribution < -0.4 is 5.73 Å². The van der Waals surface area contributed by atoms with Crippen molar-refractivity contribution in [1.29, 1.82) is 0 Å². The molecule has 0 atom stereocenters. The van der Waals surface area contributed by atoms with Gasteiger partial charge in [0.25, 0.3) is 0 Å². The van der Waals surface area contributed by atoms with Crippen molar-refractivity contribution in [2.45, 2.75) is 64.5 Å². The van der Waals surface area contributed by atoms with Crippen LogP contribution in [0.25, 0.3) is 0 Å². The molecule has 0 spiro atoms. The Balaban J connectivity index is 2.34. The molecule has 0 amide bonds. The van der Waals surface area contributed by atoms with Crippen LogP contribution in [0.15, 0.2) is 0 Å². The predicted octanol–water partition coefficient (Wildman–Crippen LogP) is 2.29. The molecule has 1 fully saturated rings. The Hall–Kier alpha value is -0.900. The van der Waals surface area contributed by atoms with E-state index in [2.05, 4.69) is 14.8 Å². The first-order valence-electron chi connectivity index (χ1n) is 6.21. The molecule has 2 rings (SSSR count). The zero-order valence-corrected chi connectivity index (χ0v) is 10.5. The highest BCUT2D eigenvalue weighted by Gasteiger charge is 2.27. The number of nitrogens with two attached hydrogens (primary N) is 1. The molecule has 4 heteroatoms. The van der Waals surface area contributed by atoms with Gasteiger partial charge in [-0.2, -0.15) is 0 Å². The first-order chi connectivity index (χ1) is 7.50. The van der Waals surface area contributed by atoms with E-state index < -0.39 is 5.54 Å². The summed E-state index contributed by atoms with van der Waals surface area (Å²) < 4.78 is 2.26. The molecule has 0 saturated heterocycles. The van der Waals surface area contributed by atoms with E-state index in [4.69, 9.17) is 5.73 Å². The molecule has 1 saturated carbocycles. The molecule has 0 radical (unpaired) electrons. The summed E-state index contributed by atoms with van der Waals surface area (Å²) in [6.07, 6.45) is 6.46. The molecule has 1 aromatic heterocycles. The van der Waals surface area contributed by atoms with Gasteiger partial charge < -0.3 is 10.3 Å². The summed E-state index contributed by atoms with van der Waals surface area (Å²) in [7, 11) is 0. The lowest BCUT2D eigenvalue weighted by atomic mass is 9.94. The molecule has 0 aliphatic heterocycles. The van der Waals surface area contributed by atoms with Gasteiger partial charge in [-0.1, -0.05) is 19.3 Å². The monoisotopic (exact) mass is 222 g/mol. The molecular weight excluding hydrogens is 200 g/mol. The minimum absolute atomic E-state index is 0.404. The molecule has 1 aliphatic carbocycles. The number of hydrogen-bond donors (Lipinski definition) is 1. The Kier molecular flexibility index (Phi) is 3.02. The normalized spacial score (nSPS) is 19.0. The fourth-order valence-corrected chi connectivity index (χ4v) is 2.59. The minimum atomic E-state index is -0.404. The lowest BCUT2D eigenvalue weighted by molar-refractivity contribution is 0.323. The van der Waals surface area contributed by atoms with Gasteiger partial charge in [0.05, 0.1) is 5.54 Å². The van der Waals surface area contributed by atoms with Gasteiger partial charge in [0.15, 0.2) is 5.82 Å². The fraction of sp³-hybridized carbons (Fsp3) is 0.833. The Bertz CT molecular complexity index is 356. The molecule has 90 valence electrons. The second-order valence-corrected chi connectivity index (χ2v) is 5.45. The van der Waals surface area contributed by atoms with E-state index in [1.807, 2.05) is 20.8 Å². The van der Waals surface area contributed by atoms with Gasteiger partial charge in [-0.25, -0.2) is 0 Å². The Morgan fingerprint density at radius 2 is 1.81 bits per heavy atom. The predicted molar refractivity (Wildman–Crippen MR) is 64.1 cm³/mol. The quantitative estimate of drug-likeness (QED) is 0.835. The van der Waals surface area contributed by atoms with E-state index in [1.165, 1.54) is 32.1 Å². The second-order valence-electron chi connectivity index (χ2n) is 5.45. The average molecular weight is 222 g/mol. The van der Waals surface area contributed by atoms with Crippen LogP contribution >= 0.6 is 0 Å². The van der Waals surface area contributed by atoms with Crippen molar-refractivity contribution < 1.29 is 0 Å². The van der Waals surface area contributed by atoms with E-state index >= 15 is 0 Å². The largest absolute Gasteiger partial charge is 0.319 e. The first-order valence-corrected chi connectivity index (χ1v) is 6.21. The number of aryl methyl sites for hydroxylation is 1. The van der Waals surface area contributed by atoms with Crippen LogP contribution in [0.2, 0.25) is 0 Å². The summed E-state index contributed by atoms with van der Waals surface area (Å²) in [6.45, 7) is 6.02. The topological polar surface area (TPSA) is 56.7 Å². The molecular formula is C12H22N4. The molecule has 1 heterocycles. The Morgan fingerprint density at radius 3 is 2.38 bits per heavy atom. The van der Waals surface area contributed by atoms with Gasteiger partial charge in [0.2, 0.25) is 0 Å². The van der Waals surface area contributed by atoms with E-state index in [1.54, 1.807) is 0 Å². The fourth-order valence-electron chi connectivity index (χ4n) is 2.59. The summed E-state index contributed by atoms with van der Waals surface area (Å²) in [6, 6.07) is 0.557. The van der Waals surface area contributed by atoms with Crippen molar-refractivity contribution in [3.63, 3.8) is 0 Å². The number of hydrogen-bond acceptors (Lipinski definition) is 3. The van der Waals surface area contributed by atoms with E-state index in [0.717, 1.165) is 11.6 Å². The summed E-state index contributed by atoms with van der Waals surface area (Å²) >= 11 is 0. The van der Waals surface area contributed by atoms with E-state index in [0.29, 0.717) is 6.04 Å². The number of rotatable bonds is 2. The third-order valence-corrected chi connectivity index (χ3v) is 3.38. The summed E-state index contributed by atoms with van der Waals surface area (Å²) in [4.78, 5) is 0. The molecule has 16 heavy (non-hydrogen) atoms. The second kappa shape index (κ2) is 4.17. The lowest BCUT2D eigenvalue weighted by Crippen LogP contribution is -2.34. The van der Waals surface area contributed by atoms with Crippen molar-refractivity contribution >= 4 is 0 Å². The maximum atomic E-state index is 6.15. The number of nitrogens with zero attached hydrogens (tertiary/aromatic N) is 3. The molecule has 4 nitrogen and oxygen atoms in total. The van der Waals surface area contributed by atoms with Crippen molar-refractivity contribution in [2.24, 2.45) is 5.73 Å². The Labute approximate surface area is 97.2 Å². The summed E-state index contributed by atoms with van der Waals surface area (Å²) in [5.41, 5.74) is 5.75. The van der Waals surface area contributed by atoms with Crippen LogP contribution in [-0.4, -0.2) is 14.8 Å². The zero-order valence-electron chi connectivity index (χ0n) is 10.5. The molecule has 1 aromatic rings. The standard InChI is InChI=1S/C12H22N4/c1-9-14-15-11(12(2,3)13)16(9)10-7-5-4-6-8-10/h10H,4-8,13H2,1-3H3. The van der Waals surface area contributed by atoms with Crippen LogP contribution in [0.5, 0.6) is 0 Å². The number of aromatic nitrogens is 3. The maximum absolute atomic E-state index is 6.15. The highest BCUT2D eigenvalue weighted by atomic mass is 15.3. The minimum Gasteiger partial charge on any atom is -0.319 e. The maximum Gasteiger partial charge on any atom is 0.152 e. The molecule has 1 aliphatic rings. The van der Waals surface area contributed by atoms with Gasteiger partial charge in [0, 0.05) is 6.04 Å². The molecule has 0 aromatic carbocycles. The van der Waals surface area contributed by atoms with Crippen LogP contribution in [0.3, 0.4) is 0 Å². The summed E-state index contributed by atoms with van der Waals surface area (Å²) in [5.74, 6) is 1.93. The average Bonchev–Trinajstić information content (AvgIpc) is 2.61. The van der Waals surface area contributed by atoms with Gasteiger partial charge >= 0.3 is 0 Å².